The van der Waals surface area contributed by atoms with Crippen LogP contribution < -0.4 is 5.32 Å². The number of aromatic nitrogens is 3. The third kappa shape index (κ3) is 5.46. The molecule has 1 N–H and O–H groups in total. The van der Waals surface area contributed by atoms with Crippen LogP contribution in [0.2, 0.25) is 0 Å². The van der Waals surface area contributed by atoms with Gasteiger partial charge in [-0.3, -0.25) is 9.78 Å². The first-order chi connectivity index (χ1) is 12.3. The van der Waals surface area contributed by atoms with Crippen LogP contribution in [0.3, 0.4) is 0 Å². The maximum atomic E-state index is 11.9. The van der Waals surface area contributed by atoms with E-state index < -0.39 is 0 Å². The van der Waals surface area contributed by atoms with Gasteiger partial charge in [-0.15, -0.1) is 11.8 Å². The smallest absolute Gasteiger partial charge is 0.230 e. The minimum Gasteiger partial charge on any atom is -0.355 e. The fourth-order valence-corrected chi connectivity index (χ4v) is 3.15. The van der Waals surface area contributed by atoms with Crippen molar-refractivity contribution in [3.63, 3.8) is 0 Å². The highest BCUT2D eigenvalue weighted by atomic mass is 32.2. The van der Waals surface area contributed by atoms with E-state index in [9.17, 15) is 4.79 Å². The lowest BCUT2D eigenvalue weighted by Gasteiger charge is -2.04. The van der Waals surface area contributed by atoms with Gasteiger partial charge >= 0.3 is 0 Å². The van der Waals surface area contributed by atoms with Crippen molar-refractivity contribution in [2.24, 2.45) is 0 Å². The first kappa shape index (κ1) is 17.2. The highest BCUT2D eigenvalue weighted by Gasteiger charge is 2.04. The summed E-state index contributed by atoms with van der Waals surface area (Å²) in [6.07, 6.45) is 8.19. The number of benzene rings is 1. The van der Waals surface area contributed by atoms with Gasteiger partial charge in [0, 0.05) is 30.9 Å². The maximum Gasteiger partial charge on any atom is 0.230 e. The van der Waals surface area contributed by atoms with Crippen LogP contribution in [0.5, 0.6) is 0 Å². The molecule has 2 heterocycles. The normalized spacial score (nSPS) is 10.6. The Morgan fingerprint density at radius 3 is 2.76 bits per heavy atom. The number of nitrogens with one attached hydrogen (secondary N) is 1. The van der Waals surface area contributed by atoms with Gasteiger partial charge in [0.15, 0.2) is 0 Å². The Balaban J connectivity index is 1.36. The molecule has 0 saturated carbocycles. The van der Waals surface area contributed by atoms with Crippen LogP contribution in [0.1, 0.15) is 11.1 Å². The number of carbonyl (C=O) groups excluding carboxylic acids is 1. The SMILES string of the molecule is O=C(CSCc1cccnc1)NCCc1cnn(-c2ccccc2)c1. The molecule has 1 amide bonds. The van der Waals surface area contributed by atoms with Crippen LogP contribution in [-0.4, -0.2) is 33.0 Å². The van der Waals surface area contributed by atoms with Crippen LogP contribution in [0.15, 0.2) is 67.3 Å². The number of hydrogen-bond acceptors (Lipinski definition) is 4. The van der Waals surface area contributed by atoms with Gasteiger partial charge in [-0.05, 0) is 35.7 Å². The van der Waals surface area contributed by atoms with Crippen molar-refractivity contribution in [3.05, 3.63) is 78.4 Å². The summed E-state index contributed by atoms with van der Waals surface area (Å²) in [6, 6.07) is 13.9. The van der Waals surface area contributed by atoms with Crippen molar-refractivity contribution >= 4 is 17.7 Å². The fraction of sp³-hybridized carbons (Fsp3) is 0.211. The highest BCUT2D eigenvalue weighted by molar-refractivity contribution is 7.99. The van der Waals surface area contributed by atoms with Crippen molar-refractivity contribution in [2.75, 3.05) is 12.3 Å². The van der Waals surface area contributed by atoms with Crippen LogP contribution in [0, 0.1) is 0 Å². The molecule has 0 atom stereocenters. The van der Waals surface area contributed by atoms with Gasteiger partial charge in [-0.2, -0.15) is 5.10 Å². The minimum absolute atomic E-state index is 0.0596. The average Bonchev–Trinajstić information content (AvgIpc) is 3.12. The molecule has 5 nitrogen and oxygen atoms in total. The molecular weight excluding hydrogens is 332 g/mol. The highest BCUT2D eigenvalue weighted by Crippen LogP contribution is 2.10. The number of rotatable bonds is 8. The zero-order valence-electron chi connectivity index (χ0n) is 13.8. The molecule has 0 aliphatic rings. The first-order valence-electron chi connectivity index (χ1n) is 8.13. The summed E-state index contributed by atoms with van der Waals surface area (Å²) in [7, 11) is 0. The van der Waals surface area contributed by atoms with E-state index in [1.54, 1.807) is 18.0 Å². The van der Waals surface area contributed by atoms with Gasteiger partial charge in [0.1, 0.15) is 0 Å². The second-order valence-corrected chi connectivity index (χ2v) is 6.57. The number of pyridine rings is 1. The predicted molar refractivity (Wildman–Crippen MR) is 101 cm³/mol. The Hall–Kier alpha value is -2.60. The van der Waals surface area contributed by atoms with Crippen molar-refractivity contribution in [2.45, 2.75) is 12.2 Å². The van der Waals surface area contributed by atoms with Crippen molar-refractivity contribution < 1.29 is 4.79 Å². The molecule has 1 aromatic carbocycles. The molecule has 2 aromatic heterocycles. The zero-order chi connectivity index (χ0) is 17.3. The first-order valence-corrected chi connectivity index (χ1v) is 9.29. The summed E-state index contributed by atoms with van der Waals surface area (Å²) in [5.74, 6) is 1.31. The van der Waals surface area contributed by atoms with Crippen LogP contribution in [-0.2, 0) is 17.0 Å². The quantitative estimate of drug-likeness (QED) is 0.677. The Labute approximate surface area is 151 Å². The number of hydrogen-bond donors (Lipinski definition) is 1. The summed E-state index contributed by atoms with van der Waals surface area (Å²) in [5.41, 5.74) is 3.27. The molecule has 0 saturated heterocycles. The zero-order valence-corrected chi connectivity index (χ0v) is 14.7. The second kappa shape index (κ2) is 9.03. The minimum atomic E-state index is 0.0596. The molecule has 3 aromatic rings. The van der Waals surface area contributed by atoms with E-state index in [0.717, 1.165) is 29.0 Å². The molecule has 0 unspecified atom stereocenters. The Morgan fingerprint density at radius 2 is 1.96 bits per heavy atom. The molecule has 6 heteroatoms. The van der Waals surface area contributed by atoms with Crippen molar-refractivity contribution in [1.29, 1.82) is 0 Å². The molecule has 0 fully saturated rings. The molecule has 3 rings (SSSR count). The summed E-state index contributed by atoms with van der Waals surface area (Å²) in [4.78, 5) is 15.9. The van der Waals surface area contributed by atoms with E-state index in [4.69, 9.17) is 0 Å². The number of nitrogens with zero attached hydrogens (tertiary/aromatic N) is 3. The number of amides is 1. The van der Waals surface area contributed by atoms with Crippen LogP contribution >= 0.6 is 11.8 Å². The Morgan fingerprint density at radius 1 is 1.08 bits per heavy atom. The number of carbonyl (C=O) groups is 1. The molecule has 0 aliphatic carbocycles. The third-order valence-corrected chi connectivity index (χ3v) is 4.62. The van der Waals surface area contributed by atoms with Gasteiger partial charge in [-0.1, -0.05) is 24.3 Å². The van der Waals surface area contributed by atoms with Gasteiger partial charge < -0.3 is 5.32 Å². The lowest BCUT2D eigenvalue weighted by Crippen LogP contribution is -2.27. The van der Waals surface area contributed by atoms with E-state index in [0.29, 0.717) is 12.3 Å². The average molecular weight is 352 g/mol. The third-order valence-electron chi connectivity index (χ3n) is 3.62. The van der Waals surface area contributed by atoms with E-state index in [-0.39, 0.29) is 5.91 Å². The molecule has 0 spiro atoms. The summed E-state index contributed by atoms with van der Waals surface area (Å²) >= 11 is 1.59. The fourth-order valence-electron chi connectivity index (χ4n) is 2.35. The lowest BCUT2D eigenvalue weighted by atomic mass is 10.2. The Bertz CT molecular complexity index is 789. The maximum absolute atomic E-state index is 11.9. The second-order valence-electron chi connectivity index (χ2n) is 5.58. The number of thioether (sulfide) groups is 1. The van der Waals surface area contributed by atoms with E-state index in [2.05, 4.69) is 15.4 Å². The van der Waals surface area contributed by atoms with Gasteiger partial charge in [-0.25, -0.2) is 4.68 Å². The van der Waals surface area contributed by atoms with E-state index in [1.165, 1.54) is 0 Å². The summed E-state index contributed by atoms with van der Waals surface area (Å²) < 4.78 is 1.85. The monoisotopic (exact) mass is 352 g/mol. The van der Waals surface area contributed by atoms with E-state index >= 15 is 0 Å². The molecule has 25 heavy (non-hydrogen) atoms. The summed E-state index contributed by atoms with van der Waals surface area (Å²) in [6.45, 7) is 0.618. The molecule has 0 radical (unpaired) electrons. The van der Waals surface area contributed by atoms with Gasteiger partial charge in [0.2, 0.25) is 5.91 Å². The standard InChI is InChI=1S/C19H20N4OS/c24-19(15-25-14-17-5-4-9-20-11-17)21-10-8-16-12-22-23(13-16)18-6-2-1-3-7-18/h1-7,9,11-13H,8,10,14-15H2,(H,21,24). The Kier molecular flexibility index (Phi) is 6.23. The largest absolute Gasteiger partial charge is 0.355 e. The molecular formula is C19H20N4OS. The molecule has 128 valence electrons. The molecule has 0 aliphatic heterocycles. The van der Waals surface area contributed by atoms with Gasteiger partial charge in [0.25, 0.3) is 0 Å². The topological polar surface area (TPSA) is 59.8 Å². The number of para-hydroxylation sites is 1. The summed E-state index contributed by atoms with van der Waals surface area (Å²) in [5, 5.41) is 7.32. The van der Waals surface area contributed by atoms with Gasteiger partial charge in [0.05, 0.1) is 17.6 Å². The van der Waals surface area contributed by atoms with Crippen molar-refractivity contribution in [3.8, 4) is 5.69 Å². The van der Waals surface area contributed by atoms with Crippen LogP contribution in [0.25, 0.3) is 5.69 Å². The molecule has 0 bridgehead atoms. The van der Waals surface area contributed by atoms with Crippen LogP contribution in [0.4, 0.5) is 0 Å². The predicted octanol–water partition coefficient (Wildman–Crippen LogP) is 2.86. The van der Waals surface area contributed by atoms with E-state index in [1.807, 2.05) is 65.7 Å². The van der Waals surface area contributed by atoms with Crippen molar-refractivity contribution in [1.82, 2.24) is 20.1 Å². The lowest BCUT2D eigenvalue weighted by molar-refractivity contribution is -0.118.